The van der Waals surface area contributed by atoms with Crippen molar-refractivity contribution >= 4 is 25.3 Å². The Morgan fingerprint density at radius 3 is 1.64 bits per heavy atom. The molecule has 0 N–H and O–H groups in total. The second-order valence-electron chi connectivity index (χ2n) is 16.5. The van der Waals surface area contributed by atoms with Crippen molar-refractivity contribution in [1.29, 1.82) is 0 Å². The van der Waals surface area contributed by atoms with Gasteiger partial charge in [-0.05, 0) is 72.5 Å². The fraction of sp³-hybridized carbons (Fsp3) is 0.455. The number of allylic oxidation sites excluding steroid dienone is 4. The van der Waals surface area contributed by atoms with E-state index in [9.17, 15) is 0 Å². The van der Waals surface area contributed by atoms with Crippen LogP contribution >= 0.6 is 0 Å². The molecule has 5 aliphatic rings. The Kier molecular flexibility index (Phi) is 12.6. The van der Waals surface area contributed by atoms with E-state index < -0.39 is 0 Å². The third-order valence-electron chi connectivity index (χ3n) is 10.9. The summed E-state index contributed by atoms with van der Waals surface area (Å²) in [5.74, 6) is 3.21. The quantitative estimate of drug-likeness (QED) is 0.234. The van der Waals surface area contributed by atoms with Crippen LogP contribution in [0.1, 0.15) is 103 Å². The van der Waals surface area contributed by atoms with E-state index >= 15 is 0 Å². The van der Waals surface area contributed by atoms with Gasteiger partial charge >= 0.3 is 70.3 Å². The zero-order chi connectivity index (χ0) is 31.8. The van der Waals surface area contributed by atoms with Gasteiger partial charge in [0.1, 0.15) is 0 Å². The van der Waals surface area contributed by atoms with Crippen molar-refractivity contribution in [3.63, 3.8) is 0 Å². The summed E-state index contributed by atoms with van der Waals surface area (Å²) in [6.45, 7) is 13.7. The summed E-state index contributed by atoms with van der Waals surface area (Å²) < 4.78 is 2.25. The van der Waals surface area contributed by atoms with Crippen LogP contribution < -0.4 is 24.8 Å². The van der Waals surface area contributed by atoms with E-state index in [0.29, 0.717) is 5.41 Å². The maximum atomic E-state index is 3.62. The molecule has 4 bridgehead atoms. The van der Waals surface area contributed by atoms with Crippen LogP contribution in [0, 0.1) is 29.2 Å². The van der Waals surface area contributed by atoms with Crippen LogP contribution in [-0.2, 0) is 41.5 Å². The summed E-state index contributed by atoms with van der Waals surface area (Å²) in [6, 6.07) is 26.7. The number of benzene rings is 3. The molecule has 4 aromatic rings. The Morgan fingerprint density at radius 2 is 1.23 bits per heavy atom. The van der Waals surface area contributed by atoms with E-state index in [4.69, 9.17) is 0 Å². The van der Waals surface area contributed by atoms with Crippen molar-refractivity contribution in [2.75, 3.05) is 0 Å². The van der Waals surface area contributed by atoms with Gasteiger partial charge in [-0.25, -0.2) is 11.6 Å². The Labute approximate surface area is 312 Å². The van der Waals surface area contributed by atoms with Crippen molar-refractivity contribution < 1.29 is 49.0 Å². The van der Waals surface area contributed by atoms with Crippen molar-refractivity contribution in [2.45, 2.75) is 104 Å². The van der Waals surface area contributed by atoms with Gasteiger partial charge in [0.2, 0.25) is 0 Å². The number of hydrogen-bond acceptors (Lipinski definition) is 0. The molecule has 5 aliphatic carbocycles. The Hall–Kier alpha value is -1.66. The van der Waals surface area contributed by atoms with E-state index in [0.717, 1.165) is 30.6 Å². The molecule has 0 radical (unpaired) electrons. The molecule has 0 heterocycles. The van der Waals surface area contributed by atoms with Crippen molar-refractivity contribution in [2.24, 2.45) is 23.2 Å². The van der Waals surface area contributed by atoms with Crippen LogP contribution in [0.5, 0.6) is 0 Å². The molecule has 4 aromatic carbocycles. The van der Waals surface area contributed by atoms with Crippen LogP contribution in [0.2, 0.25) is 0 Å². The number of hydrogen-bond donors (Lipinski definition) is 0. The van der Waals surface area contributed by atoms with Gasteiger partial charge in [-0.2, -0.15) is 6.08 Å². The van der Waals surface area contributed by atoms with E-state index in [-0.39, 0.29) is 35.6 Å². The van der Waals surface area contributed by atoms with Gasteiger partial charge in [0, 0.05) is 0 Å². The van der Waals surface area contributed by atoms with Crippen LogP contribution in [0.25, 0.3) is 21.5 Å². The Morgan fingerprint density at radius 1 is 0.745 bits per heavy atom. The topological polar surface area (TPSA) is 0 Å². The van der Waals surface area contributed by atoms with Crippen molar-refractivity contribution in [3.8, 4) is 0 Å². The number of rotatable bonds is 3. The normalized spacial score (nSPS) is 24.0. The molecular formula is C44H52Cl2Zr-2. The zero-order valence-corrected chi connectivity index (χ0v) is 33.3. The minimum atomic E-state index is 0. The van der Waals surface area contributed by atoms with Gasteiger partial charge in [0.25, 0.3) is 0 Å². The molecule has 0 atom stereocenters. The molecule has 0 unspecified atom stereocenters. The summed E-state index contributed by atoms with van der Waals surface area (Å²) in [7, 11) is 0. The Balaban J connectivity index is 0.000000168. The fourth-order valence-corrected chi connectivity index (χ4v) is 9.45. The first kappa shape index (κ1) is 38.1. The summed E-state index contributed by atoms with van der Waals surface area (Å²) in [4.78, 5) is 0. The standard InChI is InChI=1S/C21H25.C15H19.C8H8.2ClH.Zr/c1-20(2,3)16-9-7-14-11-15-8-10-17(21(4,5)6)13-19(15)18(14)12-16;1-2-4-14(3-1)15-8-11-5-12(9-15)7-13(6-11)10-15;1-2-8-6-4-3-5-7-8;;;/h7-13H,1-6H3;1,3,11-13H,2,5-10H2;1,3-7H,2H2;2*1H;/q2*-1;;;;+2/p-2. The molecule has 0 spiro atoms. The molecule has 0 amide bonds. The average molecular weight is 743 g/mol. The molecule has 47 heavy (non-hydrogen) atoms. The van der Waals surface area contributed by atoms with E-state index in [1.54, 1.807) is 24.8 Å². The summed E-state index contributed by atoms with van der Waals surface area (Å²) in [5, 5.41) is 5.49. The molecular weight excluding hydrogens is 691 g/mol. The molecule has 4 saturated carbocycles. The molecule has 0 aromatic heterocycles. The van der Waals surface area contributed by atoms with Crippen LogP contribution in [0.3, 0.4) is 0 Å². The molecule has 0 saturated heterocycles. The summed E-state index contributed by atoms with van der Waals surface area (Å²) in [5.41, 5.74) is 6.81. The van der Waals surface area contributed by atoms with Gasteiger partial charge < -0.3 is 24.8 Å². The van der Waals surface area contributed by atoms with Crippen molar-refractivity contribution in [1.82, 2.24) is 0 Å². The van der Waals surface area contributed by atoms with E-state index in [1.807, 2.05) is 6.07 Å². The molecule has 4 fully saturated rings. The fourth-order valence-electron chi connectivity index (χ4n) is 8.87. The van der Waals surface area contributed by atoms with Gasteiger partial charge in [-0.3, -0.25) is 6.08 Å². The second kappa shape index (κ2) is 15.5. The maximum absolute atomic E-state index is 3.62. The van der Waals surface area contributed by atoms with Gasteiger partial charge in [0.15, 0.2) is 0 Å². The predicted octanol–water partition coefficient (Wildman–Crippen LogP) is 5.79. The van der Waals surface area contributed by atoms with E-state index in [1.165, 1.54) is 81.7 Å². The minimum absolute atomic E-state index is 0. The molecule has 0 nitrogen and oxygen atoms in total. The first-order chi connectivity index (χ1) is 21.4. The van der Waals surface area contributed by atoms with Gasteiger partial charge in [-0.15, -0.1) is 46.2 Å². The van der Waals surface area contributed by atoms with Crippen molar-refractivity contribution in [3.05, 3.63) is 113 Å². The van der Waals surface area contributed by atoms with E-state index in [2.05, 4.69) is 130 Å². The monoisotopic (exact) mass is 740 g/mol. The second-order valence-corrected chi connectivity index (χ2v) is 17.5. The Bertz CT molecular complexity index is 1600. The summed E-state index contributed by atoms with van der Waals surface area (Å²) >= 11 is 1.51. The van der Waals surface area contributed by atoms with Crippen LogP contribution in [0.15, 0.2) is 90.5 Å². The van der Waals surface area contributed by atoms with Gasteiger partial charge in [0.05, 0.1) is 0 Å². The van der Waals surface area contributed by atoms with Crippen LogP contribution in [0.4, 0.5) is 0 Å². The first-order valence-corrected chi connectivity index (χ1v) is 18.8. The number of halogens is 2. The molecule has 9 rings (SSSR count). The molecule has 0 aliphatic heterocycles. The average Bonchev–Trinajstić information content (AvgIpc) is 3.66. The SMILES string of the molecule is CC(C)(C)c1ccc2[cH-]c3ccc(C(C)(C)C)cc3c2c1.[C-]1=C(C23CC4CC(CC(C4)C2)C3)C=CC1.[Cl-].[Cl-].[Zr+2]=[CH]Cc1ccccc1. The molecule has 248 valence electrons. The third kappa shape index (κ3) is 8.75. The third-order valence-corrected chi connectivity index (χ3v) is 11.4. The van der Waals surface area contributed by atoms with Gasteiger partial charge in [-0.1, -0.05) is 76.9 Å². The summed E-state index contributed by atoms with van der Waals surface area (Å²) in [6.07, 6.45) is 19.6. The zero-order valence-electron chi connectivity index (χ0n) is 29.3. The number of fused-ring (bicyclic) bond motifs is 3. The van der Waals surface area contributed by atoms with Crippen LogP contribution in [-0.4, -0.2) is 3.71 Å². The molecule has 3 heteroatoms. The predicted molar refractivity (Wildman–Crippen MR) is 192 cm³/mol. The first-order valence-electron chi connectivity index (χ1n) is 17.4.